The van der Waals surface area contributed by atoms with Crippen LogP contribution in [0.2, 0.25) is 0 Å². The molecular weight excluding hydrogens is 286 g/mol. The van der Waals surface area contributed by atoms with Gasteiger partial charge in [0.15, 0.2) is 23.3 Å². The van der Waals surface area contributed by atoms with Crippen molar-refractivity contribution in [2.45, 2.75) is 0 Å². The molecule has 0 saturated carbocycles. The standard InChI is InChI=1S/C14H9F4N3/c15-8-5-7(12(16)14(18)13(8)17)9(19)6-10(20)11-3-1-2-4-21-11/h1-6,19H,20H2/b10-6-,19-9?. The lowest BCUT2D eigenvalue weighted by atomic mass is 10.1. The van der Waals surface area contributed by atoms with E-state index >= 15 is 0 Å². The number of hydrogen-bond donors (Lipinski definition) is 2. The number of nitrogens with two attached hydrogens (primary N) is 1. The lowest BCUT2D eigenvalue weighted by Crippen LogP contribution is -2.09. The van der Waals surface area contributed by atoms with Crippen LogP contribution in [0, 0.1) is 28.7 Å². The largest absolute Gasteiger partial charge is 0.397 e. The molecule has 3 nitrogen and oxygen atoms in total. The maximum absolute atomic E-state index is 13.5. The van der Waals surface area contributed by atoms with Crippen molar-refractivity contribution in [3.63, 3.8) is 0 Å². The quantitative estimate of drug-likeness (QED) is 0.396. The smallest absolute Gasteiger partial charge is 0.198 e. The monoisotopic (exact) mass is 295 g/mol. The number of nitrogens with one attached hydrogen (secondary N) is 1. The highest BCUT2D eigenvalue weighted by atomic mass is 19.2. The molecule has 3 N–H and O–H groups in total. The Morgan fingerprint density at radius 2 is 1.81 bits per heavy atom. The van der Waals surface area contributed by atoms with Crippen LogP contribution in [-0.4, -0.2) is 10.7 Å². The highest BCUT2D eigenvalue weighted by Gasteiger charge is 2.20. The molecule has 0 amide bonds. The SMILES string of the molecule is N=C(/C=C(\N)c1ccccn1)c1cc(F)c(F)c(F)c1F. The molecule has 0 bridgehead atoms. The summed E-state index contributed by atoms with van der Waals surface area (Å²) in [6.45, 7) is 0. The Labute approximate surface area is 117 Å². The minimum Gasteiger partial charge on any atom is -0.397 e. The molecule has 0 spiro atoms. The lowest BCUT2D eigenvalue weighted by molar-refractivity contribution is 0.408. The van der Waals surface area contributed by atoms with Crippen molar-refractivity contribution in [1.82, 2.24) is 4.98 Å². The fourth-order valence-corrected chi connectivity index (χ4v) is 1.61. The number of aromatic nitrogens is 1. The van der Waals surface area contributed by atoms with E-state index in [0.717, 1.165) is 6.08 Å². The van der Waals surface area contributed by atoms with E-state index < -0.39 is 34.5 Å². The van der Waals surface area contributed by atoms with Gasteiger partial charge in [-0.3, -0.25) is 4.98 Å². The molecule has 2 aromatic rings. The van der Waals surface area contributed by atoms with Crippen LogP contribution in [0.5, 0.6) is 0 Å². The molecule has 108 valence electrons. The zero-order chi connectivity index (χ0) is 15.6. The van der Waals surface area contributed by atoms with Crippen LogP contribution >= 0.6 is 0 Å². The summed E-state index contributed by atoms with van der Waals surface area (Å²) >= 11 is 0. The molecule has 7 heteroatoms. The second-order valence-corrected chi connectivity index (χ2v) is 4.08. The number of benzene rings is 1. The first kappa shape index (κ1) is 14.7. The molecule has 0 aliphatic rings. The number of nitrogens with zero attached hydrogens (tertiary/aromatic N) is 1. The first-order chi connectivity index (χ1) is 9.91. The molecule has 0 radical (unpaired) electrons. The van der Waals surface area contributed by atoms with Gasteiger partial charge in [-0.25, -0.2) is 17.6 Å². The Bertz CT molecular complexity index is 727. The normalized spacial score (nSPS) is 11.5. The summed E-state index contributed by atoms with van der Waals surface area (Å²) in [5, 5.41) is 7.63. The van der Waals surface area contributed by atoms with Gasteiger partial charge in [0, 0.05) is 11.8 Å². The third kappa shape index (κ3) is 2.91. The number of allylic oxidation sites excluding steroid dienone is 1. The molecule has 2 rings (SSSR count). The molecule has 0 aliphatic carbocycles. The lowest BCUT2D eigenvalue weighted by Gasteiger charge is -2.06. The molecule has 21 heavy (non-hydrogen) atoms. The maximum Gasteiger partial charge on any atom is 0.198 e. The highest BCUT2D eigenvalue weighted by molar-refractivity contribution is 6.10. The average molecular weight is 295 g/mol. The number of halogens is 4. The van der Waals surface area contributed by atoms with Gasteiger partial charge in [0.25, 0.3) is 0 Å². The summed E-state index contributed by atoms with van der Waals surface area (Å²) in [5.41, 5.74) is 4.64. The van der Waals surface area contributed by atoms with Crippen LogP contribution in [-0.2, 0) is 0 Å². The van der Waals surface area contributed by atoms with E-state index in [1.54, 1.807) is 18.2 Å². The van der Waals surface area contributed by atoms with Crippen LogP contribution in [0.3, 0.4) is 0 Å². The van der Waals surface area contributed by atoms with Crippen molar-refractivity contribution < 1.29 is 17.6 Å². The zero-order valence-corrected chi connectivity index (χ0v) is 10.5. The van der Waals surface area contributed by atoms with E-state index in [4.69, 9.17) is 11.1 Å². The third-order valence-electron chi connectivity index (χ3n) is 2.65. The molecule has 1 aromatic heterocycles. The van der Waals surface area contributed by atoms with E-state index in [1.807, 2.05) is 0 Å². The van der Waals surface area contributed by atoms with E-state index in [-0.39, 0.29) is 5.70 Å². The second-order valence-electron chi connectivity index (χ2n) is 4.08. The van der Waals surface area contributed by atoms with E-state index in [1.165, 1.54) is 6.20 Å². The predicted molar refractivity (Wildman–Crippen MR) is 69.5 cm³/mol. The number of pyridine rings is 1. The Hall–Kier alpha value is -2.70. The van der Waals surface area contributed by atoms with Gasteiger partial charge in [-0.1, -0.05) is 6.07 Å². The Morgan fingerprint density at radius 3 is 2.43 bits per heavy atom. The summed E-state index contributed by atoms with van der Waals surface area (Å²) in [5.74, 6) is -7.13. The van der Waals surface area contributed by atoms with Gasteiger partial charge in [0.1, 0.15) is 0 Å². The molecule has 0 unspecified atom stereocenters. The molecular formula is C14H9F4N3. The van der Waals surface area contributed by atoms with Gasteiger partial charge in [-0.2, -0.15) is 0 Å². The number of rotatable bonds is 3. The summed E-state index contributed by atoms with van der Waals surface area (Å²) in [6.07, 6.45) is 2.44. The summed E-state index contributed by atoms with van der Waals surface area (Å²) in [7, 11) is 0. The minimum atomic E-state index is -1.97. The van der Waals surface area contributed by atoms with Crippen LogP contribution in [0.25, 0.3) is 5.70 Å². The summed E-state index contributed by atoms with van der Waals surface area (Å²) < 4.78 is 52.6. The molecule has 1 aromatic carbocycles. The van der Waals surface area contributed by atoms with Gasteiger partial charge in [0.2, 0.25) is 0 Å². The molecule has 1 heterocycles. The number of hydrogen-bond acceptors (Lipinski definition) is 3. The van der Waals surface area contributed by atoms with Crippen molar-refractivity contribution in [2.24, 2.45) is 5.73 Å². The maximum atomic E-state index is 13.5. The Kier molecular flexibility index (Phi) is 4.02. The molecule has 0 fully saturated rings. The molecule has 0 aliphatic heterocycles. The predicted octanol–water partition coefficient (Wildman–Crippen LogP) is 3.01. The first-order valence-electron chi connectivity index (χ1n) is 5.72. The van der Waals surface area contributed by atoms with Crippen molar-refractivity contribution in [3.05, 3.63) is 71.1 Å². The van der Waals surface area contributed by atoms with Crippen LogP contribution in [0.15, 0.2) is 36.5 Å². The van der Waals surface area contributed by atoms with Crippen molar-refractivity contribution in [3.8, 4) is 0 Å². The molecule has 0 atom stereocenters. The van der Waals surface area contributed by atoms with E-state index in [9.17, 15) is 17.6 Å². The topological polar surface area (TPSA) is 62.8 Å². The van der Waals surface area contributed by atoms with Gasteiger partial charge in [-0.15, -0.1) is 0 Å². The van der Waals surface area contributed by atoms with Gasteiger partial charge in [0.05, 0.1) is 17.1 Å². The summed E-state index contributed by atoms with van der Waals surface area (Å²) in [4.78, 5) is 3.91. The van der Waals surface area contributed by atoms with Crippen LogP contribution in [0.4, 0.5) is 17.6 Å². The zero-order valence-electron chi connectivity index (χ0n) is 10.5. The fraction of sp³-hybridized carbons (Fsp3) is 0. The summed E-state index contributed by atoms with van der Waals surface area (Å²) in [6, 6.07) is 5.23. The van der Waals surface area contributed by atoms with Crippen molar-refractivity contribution >= 4 is 11.4 Å². The van der Waals surface area contributed by atoms with Crippen LogP contribution < -0.4 is 5.73 Å². The van der Waals surface area contributed by atoms with Crippen LogP contribution in [0.1, 0.15) is 11.3 Å². The first-order valence-corrected chi connectivity index (χ1v) is 5.72. The Morgan fingerprint density at radius 1 is 1.10 bits per heavy atom. The fourth-order valence-electron chi connectivity index (χ4n) is 1.61. The van der Waals surface area contributed by atoms with Gasteiger partial charge in [-0.05, 0) is 24.3 Å². The second kappa shape index (κ2) is 5.74. The third-order valence-corrected chi connectivity index (χ3v) is 2.65. The highest BCUT2D eigenvalue weighted by Crippen LogP contribution is 2.20. The average Bonchev–Trinajstić information content (AvgIpc) is 2.49. The van der Waals surface area contributed by atoms with Gasteiger partial charge < -0.3 is 11.1 Å². The van der Waals surface area contributed by atoms with E-state index in [2.05, 4.69) is 4.98 Å². The van der Waals surface area contributed by atoms with Crippen molar-refractivity contribution in [1.29, 1.82) is 5.41 Å². The Balaban J connectivity index is 2.42. The minimum absolute atomic E-state index is 0.00476. The van der Waals surface area contributed by atoms with Crippen molar-refractivity contribution in [2.75, 3.05) is 0 Å². The molecule has 0 saturated heterocycles. The van der Waals surface area contributed by atoms with Gasteiger partial charge >= 0.3 is 0 Å². The van der Waals surface area contributed by atoms with E-state index in [0.29, 0.717) is 11.8 Å².